The van der Waals surface area contributed by atoms with Gasteiger partial charge in [0.05, 0.1) is 17.5 Å². The number of nitrogens with zero attached hydrogens (tertiary/aromatic N) is 1. The molecule has 0 atom stereocenters. The predicted octanol–water partition coefficient (Wildman–Crippen LogP) is 3.20. The fourth-order valence-electron chi connectivity index (χ4n) is 1.90. The number of ether oxygens (including phenoxy) is 1. The summed E-state index contributed by atoms with van der Waals surface area (Å²) in [6.45, 7) is 0. The zero-order valence-corrected chi connectivity index (χ0v) is 8.77. The topological polar surface area (TPSA) is 22.1 Å². The van der Waals surface area contributed by atoms with Crippen molar-refractivity contribution in [1.82, 2.24) is 4.98 Å². The third-order valence-corrected chi connectivity index (χ3v) is 3.65. The first-order valence-corrected chi connectivity index (χ1v) is 5.77. The lowest BCUT2D eigenvalue weighted by atomic mass is 9.90. The van der Waals surface area contributed by atoms with Crippen molar-refractivity contribution in [1.29, 1.82) is 0 Å². The third kappa shape index (κ3) is 2.02. The summed E-state index contributed by atoms with van der Waals surface area (Å²) in [5, 5.41) is 3.28. The maximum atomic E-state index is 5.08. The van der Waals surface area contributed by atoms with Gasteiger partial charge in [0.2, 0.25) is 5.88 Å². The Morgan fingerprint density at radius 3 is 2.77 bits per heavy atom. The SMILES string of the molecule is COc1csc(C2CCCCC2)n1. The van der Waals surface area contributed by atoms with Crippen LogP contribution in [0.5, 0.6) is 5.88 Å². The maximum Gasteiger partial charge on any atom is 0.224 e. The molecule has 1 aliphatic rings. The van der Waals surface area contributed by atoms with Gasteiger partial charge in [0, 0.05) is 5.92 Å². The highest BCUT2D eigenvalue weighted by Gasteiger charge is 2.18. The van der Waals surface area contributed by atoms with Crippen molar-refractivity contribution in [3.8, 4) is 5.88 Å². The standard InChI is InChI=1S/C10H15NOS/c1-12-9-7-13-10(11-9)8-5-3-2-4-6-8/h7-8H,2-6H2,1H3. The summed E-state index contributed by atoms with van der Waals surface area (Å²) >= 11 is 1.74. The summed E-state index contributed by atoms with van der Waals surface area (Å²) in [4.78, 5) is 4.45. The fraction of sp³-hybridized carbons (Fsp3) is 0.700. The Bertz CT molecular complexity index is 266. The molecule has 0 radical (unpaired) electrons. The number of methoxy groups -OCH3 is 1. The molecule has 0 saturated heterocycles. The van der Waals surface area contributed by atoms with Crippen LogP contribution in [0, 0.1) is 0 Å². The van der Waals surface area contributed by atoms with Gasteiger partial charge in [0.25, 0.3) is 0 Å². The minimum atomic E-state index is 0.711. The Morgan fingerprint density at radius 1 is 1.38 bits per heavy atom. The number of rotatable bonds is 2. The molecular weight excluding hydrogens is 182 g/mol. The zero-order chi connectivity index (χ0) is 9.10. The lowest BCUT2D eigenvalue weighted by Crippen LogP contribution is -2.03. The van der Waals surface area contributed by atoms with Crippen LogP contribution in [0.4, 0.5) is 0 Å². The molecule has 1 aliphatic carbocycles. The molecule has 0 N–H and O–H groups in total. The molecule has 1 aromatic rings. The first kappa shape index (κ1) is 9.00. The van der Waals surface area contributed by atoms with Gasteiger partial charge < -0.3 is 4.74 Å². The molecule has 0 spiro atoms. The second-order valence-electron chi connectivity index (χ2n) is 3.56. The highest BCUT2D eigenvalue weighted by molar-refractivity contribution is 7.09. The Labute approximate surface area is 83.0 Å². The quantitative estimate of drug-likeness (QED) is 0.726. The van der Waals surface area contributed by atoms with E-state index in [2.05, 4.69) is 4.98 Å². The Kier molecular flexibility index (Phi) is 2.83. The van der Waals surface area contributed by atoms with Crippen molar-refractivity contribution in [2.45, 2.75) is 38.0 Å². The Balaban J connectivity index is 2.05. The smallest absolute Gasteiger partial charge is 0.224 e. The van der Waals surface area contributed by atoms with Crippen LogP contribution in [-0.4, -0.2) is 12.1 Å². The van der Waals surface area contributed by atoms with Crippen molar-refractivity contribution >= 4 is 11.3 Å². The maximum absolute atomic E-state index is 5.08. The first-order valence-electron chi connectivity index (χ1n) is 4.89. The fourth-order valence-corrected chi connectivity index (χ4v) is 2.84. The molecule has 1 saturated carbocycles. The molecule has 0 aliphatic heterocycles. The van der Waals surface area contributed by atoms with Crippen LogP contribution in [0.25, 0.3) is 0 Å². The van der Waals surface area contributed by atoms with Gasteiger partial charge in [-0.25, -0.2) is 4.98 Å². The summed E-state index contributed by atoms with van der Waals surface area (Å²) in [5.41, 5.74) is 0. The van der Waals surface area contributed by atoms with Crippen LogP contribution in [-0.2, 0) is 0 Å². The summed E-state index contributed by atoms with van der Waals surface area (Å²) in [5.74, 6) is 1.49. The van der Waals surface area contributed by atoms with Crippen molar-refractivity contribution < 1.29 is 4.74 Å². The second kappa shape index (κ2) is 4.09. The minimum absolute atomic E-state index is 0.711. The molecule has 0 unspecified atom stereocenters. The summed E-state index contributed by atoms with van der Waals surface area (Å²) < 4.78 is 5.08. The molecule has 2 nitrogen and oxygen atoms in total. The van der Waals surface area contributed by atoms with Crippen molar-refractivity contribution in [2.24, 2.45) is 0 Å². The Morgan fingerprint density at radius 2 is 2.15 bits per heavy atom. The van der Waals surface area contributed by atoms with E-state index in [0.29, 0.717) is 5.92 Å². The molecule has 13 heavy (non-hydrogen) atoms. The van der Waals surface area contributed by atoms with Gasteiger partial charge in [0.15, 0.2) is 0 Å². The summed E-state index contributed by atoms with van der Waals surface area (Å²) in [6, 6.07) is 0. The van der Waals surface area contributed by atoms with E-state index in [4.69, 9.17) is 4.74 Å². The minimum Gasteiger partial charge on any atom is -0.480 e. The molecule has 72 valence electrons. The lowest BCUT2D eigenvalue weighted by Gasteiger charge is -2.18. The molecule has 1 fully saturated rings. The van der Waals surface area contributed by atoms with Gasteiger partial charge in [-0.15, -0.1) is 11.3 Å². The van der Waals surface area contributed by atoms with Crippen LogP contribution < -0.4 is 4.74 Å². The number of aromatic nitrogens is 1. The van der Waals surface area contributed by atoms with Gasteiger partial charge in [0.1, 0.15) is 0 Å². The average Bonchev–Trinajstić information content (AvgIpc) is 2.67. The molecule has 1 heterocycles. The van der Waals surface area contributed by atoms with Crippen molar-refractivity contribution in [2.75, 3.05) is 7.11 Å². The first-order chi connectivity index (χ1) is 6.40. The largest absolute Gasteiger partial charge is 0.480 e. The van der Waals surface area contributed by atoms with E-state index in [1.807, 2.05) is 5.38 Å². The van der Waals surface area contributed by atoms with E-state index >= 15 is 0 Å². The predicted molar refractivity (Wildman–Crippen MR) is 54.5 cm³/mol. The van der Waals surface area contributed by atoms with Gasteiger partial charge in [-0.05, 0) is 12.8 Å². The van der Waals surface area contributed by atoms with Crippen LogP contribution in [0.2, 0.25) is 0 Å². The average molecular weight is 197 g/mol. The molecule has 3 heteroatoms. The van der Waals surface area contributed by atoms with Crippen LogP contribution in [0.15, 0.2) is 5.38 Å². The highest BCUT2D eigenvalue weighted by Crippen LogP contribution is 2.35. The molecule has 0 amide bonds. The summed E-state index contributed by atoms with van der Waals surface area (Å²) in [6.07, 6.45) is 6.77. The van der Waals surface area contributed by atoms with Crippen molar-refractivity contribution in [3.63, 3.8) is 0 Å². The molecular formula is C10H15NOS. The monoisotopic (exact) mass is 197 g/mol. The van der Waals surface area contributed by atoms with Crippen LogP contribution in [0.3, 0.4) is 0 Å². The molecule has 0 bridgehead atoms. The third-order valence-electron chi connectivity index (χ3n) is 2.66. The molecule has 0 aromatic carbocycles. The highest BCUT2D eigenvalue weighted by atomic mass is 32.1. The lowest BCUT2D eigenvalue weighted by molar-refractivity contribution is 0.393. The van der Waals surface area contributed by atoms with E-state index in [-0.39, 0.29) is 0 Å². The molecule has 1 aromatic heterocycles. The second-order valence-corrected chi connectivity index (χ2v) is 4.45. The van der Waals surface area contributed by atoms with Crippen LogP contribution in [0.1, 0.15) is 43.0 Å². The zero-order valence-electron chi connectivity index (χ0n) is 7.95. The summed E-state index contributed by atoms with van der Waals surface area (Å²) in [7, 11) is 1.68. The van der Waals surface area contributed by atoms with Crippen LogP contribution >= 0.6 is 11.3 Å². The van der Waals surface area contributed by atoms with E-state index in [9.17, 15) is 0 Å². The number of thiazole rings is 1. The number of hydrogen-bond acceptors (Lipinski definition) is 3. The van der Waals surface area contributed by atoms with Gasteiger partial charge in [-0.2, -0.15) is 0 Å². The van der Waals surface area contributed by atoms with E-state index in [1.54, 1.807) is 18.4 Å². The number of hydrogen-bond donors (Lipinski definition) is 0. The van der Waals surface area contributed by atoms with Gasteiger partial charge in [-0.1, -0.05) is 19.3 Å². The van der Waals surface area contributed by atoms with E-state index in [0.717, 1.165) is 5.88 Å². The normalized spacial score (nSPS) is 18.8. The van der Waals surface area contributed by atoms with E-state index in [1.165, 1.54) is 37.1 Å². The van der Waals surface area contributed by atoms with Gasteiger partial charge >= 0.3 is 0 Å². The van der Waals surface area contributed by atoms with E-state index < -0.39 is 0 Å². The molecule has 2 rings (SSSR count). The Hall–Kier alpha value is -0.570. The van der Waals surface area contributed by atoms with Crippen molar-refractivity contribution in [3.05, 3.63) is 10.4 Å². The van der Waals surface area contributed by atoms with Gasteiger partial charge in [-0.3, -0.25) is 0 Å².